The van der Waals surface area contributed by atoms with Crippen LogP contribution in [0.25, 0.3) is 0 Å². The molecule has 0 saturated carbocycles. The van der Waals surface area contributed by atoms with Gasteiger partial charge < -0.3 is 0 Å². The van der Waals surface area contributed by atoms with Crippen LogP contribution in [0.2, 0.25) is 0 Å². The maximum atomic E-state index is 10.8. The lowest BCUT2D eigenvalue weighted by Crippen LogP contribution is -1.78. The summed E-state index contributed by atoms with van der Waals surface area (Å²) in [5.74, 6) is 0. The van der Waals surface area contributed by atoms with Gasteiger partial charge in [-0.3, -0.25) is 0 Å². The minimum absolute atomic E-state index is 0.705. The third-order valence-corrected chi connectivity index (χ3v) is 2.06. The molecule has 1 unspecified atom stereocenters. The first-order valence-electron chi connectivity index (χ1n) is 3.21. The highest BCUT2D eigenvalue weighted by molar-refractivity contribution is 7.49. The van der Waals surface area contributed by atoms with Gasteiger partial charge in [0.1, 0.15) is 0 Å². The molecule has 0 aromatic heterocycles. The molecule has 1 aromatic carbocycles. The Morgan fingerprint density at radius 3 is 2.40 bits per heavy atom. The summed E-state index contributed by atoms with van der Waals surface area (Å²) in [5.41, 5.74) is 1.16. The Bertz CT molecular complexity index is 184. The second kappa shape index (κ2) is 3.70. The number of benzene rings is 1. The Labute approximate surface area is 62.5 Å². The van der Waals surface area contributed by atoms with Gasteiger partial charge in [0.25, 0.3) is 0 Å². The van der Waals surface area contributed by atoms with Gasteiger partial charge in [-0.05, 0) is 12.2 Å². The molecular weight excluding hydrogens is 143 g/mol. The van der Waals surface area contributed by atoms with Gasteiger partial charge in [-0.15, -0.1) is 0 Å². The first-order valence-corrected chi connectivity index (χ1v) is 5.10. The summed E-state index contributed by atoms with van der Waals surface area (Å²) in [6, 6.07) is 9.89. The van der Waals surface area contributed by atoms with Crippen LogP contribution in [0.3, 0.4) is 0 Å². The molecule has 0 aliphatic carbocycles. The molecule has 0 saturated heterocycles. The van der Waals surface area contributed by atoms with E-state index in [1.54, 1.807) is 6.66 Å². The summed E-state index contributed by atoms with van der Waals surface area (Å²) in [4.78, 5) is 10.8. The zero-order valence-corrected chi connectivity index (χ0v) is 6.84. The van der Waals surface area contributed by atoms with Gasteiger partial charge in [-0.25, -0.2) is 4.89 Å². The molecule has 0 bridgehead atoms. The number of hydrogen-bond acceptors (Lipinski definition) is 0. The fourth-order valence-corrected chi connectivity index (χ4v) is 1.57. The Kier molecular flexibility index (Phi) is 2.85. The summed E-state index contributed by atoms with van der Waals surface area (Å²) in [7, 11) is -1.03. The molecular formula is C8H10OP. The SMILES string of the molecule is CP([O])Cc1ccccc1. The van der Waals surface area contributed by atoms with Crippen molar-refractivity contribution in [3.8, 4) is 0 Å². The quantitative estimate of drug-likeness (QED) is 0.582. The van der Waals surface area contributed by atoms with E-state index in [-0.39, 0.29) is 0 Å². The van der Waals surface area contributed by atoms with Crippen LogP contribution in [-0.4, -0.2) is 6.66 Å². The standard InChI is InChI=1S/C8H10OP/c1-10(9)7-8-5-3-2-4-6-8/h2-6H,7H2,1H3. The molecule has 0 fully saturated rings. The minimum atomic E-state index is -1.03. The monoisotopic (exact) mass is 153 g/mol. The first kappa shape index (κ1) is 7.71. The lowest BCUT2D eigenvalue weighted by atomic mass is 10.2. The molecule has 10 heavy (non-hydrogen) atoms. The number of rotatable bonds is 2. The highest BCUT2D eigenvalue weighted by Gasteiger charge is 1.97. The molecule has 0 aliphatic heterocycles. The maximum Gasteiger partial charge on any atom is 0.0724 e. The summed E-state index contributed by atoms with van der Waals surface area (Å²) in [6.45, 7) is 1.75. The summed E-state index contributed by atoms with van der Waals surface area (Å²) in [6.07, 6.45) is 0.705. The Morgan fingerprint density at radius 2 is 1.90 bits per heavy atom. The average molecular weight is 153 g/mol. The van der Waals surface area contributed by atoms with Crippen LogP contribution in [0.4, 0.5) is 0 Å². The van der Waals surface area contributed by atoms with Gasteiger partial charge in [0.2, 0.25) is 0 Å². The van der Waals surface area contributed by atoms with Gasteiger partial charge in [-0.1, -0.05) is 30.3 Å². The highest BCUT2D eigenvalue weighted by Crippen LogP contribution is 2.30. The van der Waals surface area contributed by atoms with E-state index in [0.717, 1.165) is 5.56 Å². The van der Waals surface area contributed by atoms with Crippen molar-refractivity contribution < 1.29 is 4.89 Å². The smallest absolute Gasteiger partial charge is 0.0724 e. The van der Waals surface area contributed by atoms with Gasteiger partial charge in [-0.2, -0.15) is 0 Å². The van der Waals surface area contributed by atoms with Crippen molar-refractivity contribution in [3.63, 3.8) is 0 Å². The lowest BCUT2D eigenvalue weighted by Gasteiger charge is -1.99. The maximum absolute atomic E-state index is 10.8. The Hall–Kier alpha value is -0.390. The van der Waals surface area contributed by atoms with Crippen molar-refractivity contribution in [2.24, 2.45) is 0 Å². The Morgan fingerprint density at radius 1 is 1.30 bits per heavy atom. The van der Waals surface area contributed by atoms with Crippen molar-refractivity contribution in [2.75, 3.05) is 6.66 Å². The molecule has 1 aromatic rings. The highest BCUT2D eigenvalue weighted by atomic mass is 31.1. The molecule has 1 nitrogen and oxygen atoms in total. The van der Waals surface area contributed by atoms with E-state index in [9.17, 15) is 4.89 Å². The molecule has 53 valence electrons. The summed E-state index contributed by atoms with van der Waals surface area (Å²) >= 11 is 0. The van der Waals surface area contributed by atoms with Crippen LogP contribution in [0.15, 0.2) is 30.3 Å². The molecule has 1 radical (unpaired) electrons. The van der Waals surface area contributed by atoms with E-state index in [0.29, 0.717) is 6.16 Å². The van der Waals surface area contributed by atoms with Crippen LogP contribution in [-0.2, 0) is 11.1 Å². The Balaban J connectivity index is 2.59. The second-order valence-corrected chi connectivity index (χ2v) is 3.84. The van der Waals surface area contributed by atoms with Gasteiger partial charge >= 0.3 is 0 Å². The summed E-state index contributed by atoms with van der Waals surface area (Å²) in [5, 5.41) is 0. The normalized spacial score (nSPS) is 13.0. The van der Waals surface area contributed by atoms with E-state index < -0.39 is 8.15 Å². The molecule has 0 spiro atoms. The van der Waals surface area contributed by atoms with E-state index >= 15 is 0 Å². The lowest BCUT2D eigenvalue weighted by molar-refractivity contribution is 0.500. The molecule has 0 aliphatic rings. The topological polar surface area (TPSA) is 19.9 Å². The first-order chi connectivity index (χ1) is 4.79. The van der Waals surface area contributed by atoms with Crippen LogP contribution < -0.4 is 0 Å². The second-order valence-electron chi connectivity index (χ2n) is 2.27. The third kappa shape index (κ3) is 2.47. The van der Waals surface area contributed by atoms with Crippen molar-refractivity contribution in [1.82, 2.24) is 0 Å². The van der Waals surface area contributed by atoms with Gasteiger partial charge in [0.15, 0.2) is 0 Å². The van der Waals surface area contributed by atoms with Crippen molar-refractivity contribution in [1.29, 1.82) is 0 Å². The minimum Gasteiger partial charge on any atom is -0.212 e. The third-order valence-electron chi connectivity index (χ3n) is 1.25. The van der Waals surface area contributed by atoms with Gasteiger partial charge in [0.05, 0.1) is 8.15 Å². The summed E-state index contributed by atoms with van der Waals surface area (Å²) < 4.78 is 0. The molecule has 0 amide bonds. The van der Waals surface area contributed by atoms with Crippen LogP contribution in [0, 0.1) is 0 Å². The van der Waals surface area contributed by atoms with Crippen molar-refractivity contribution >= 4 is 8.15 Å². The van der Waals surface area contributed by atoms with E-state index in [2.05, 4.69) is 0 Å². The fraction of sp³-hybridized carbons (Fsp3) is 0.250. The van der Waals surface area contributed by atoms with E-state index in [4.69, 9.17) is 0 Å². The van der Waals surface area contributed by atoms with Crippen LogP contribution >= 0.6 is 8.15 Å². The fourth-order valence-electron chi connectivity index (χ4n) is 0.841. The van der Waals surface area contributed by atoms with Crippen molar-refractivity contribution in [3.05, 3.63) is 35.9 Å². The van der Waals surface area contributed by atoms with Crippen LogP contribution in [0.5, 0.6) is 0 Å². The van der Waals surface area contributed by atoms with Gasteiger partial charge in [0, 0.05) is 6.16 Å². The average Bonchev–Trinajstić information content (AvgIpc) is 1.88. The van der Waals surface area contributed by atoms with E-state index in [1.165, 1.54) is 0 Å². The zero-order valence-electron chi connectivity index (χ0n) is 5.95. The van der Waals surface area contributed by atoms with Crippen LogP contribution in [0.1, 0.15) is 5.56 Å². The van der Waals surface area contributed by atoms with E-state index in [1.807, 2.05) is 30.3 Å². The molecule has 2 heteroatoms. The molecule has 1 atom stereocenters. The largest absolute Gasteiger partial charge is 0.212 e. The molecule has 0 heterocycles. The molecule has 1 rings (SSSR count). The zero-order chi connectivity index (χ0) is 7.40. The molecule has 0 N–H and O–H groups in total. The predicted octanol–water partition coefficient (Wildman–Crippen LogP) is 2.64. The van der Waals surface area contributed by atoms with Crippen molar-refractivity contribution in [2.45, 2.75) is 6.16 Å². The predicted molar refractivity (Wildman–Crippen MR) is 43.7 cm³/mol. The number of hydrogen-bond donors (Lipinski definition) is 0.